The number of carboxylic acid groups (broad SMARTS) is 1. The monoisotopic (exact) mass is 764 g/mol. The predicted octanol–water partition coefficient (Wildman–Crippen LogP) is 3.25. The molecule has 16 heteroatoms. The summed E-state index contributed by atoms with van der Waals surface area (Å²) in [5, 5.41) is 15.4. The van der Waals surface area contributed by atoms with E-state index in [0.29, 0.717) is 72.8 Å². The van der Waals surface area contributed by atoms with Gasteiger partial charge in [0.25, 0.3) is 5.91 Å². The minimum absolute atomic E-state index is 0.142. The second-order valence-corrected chi connectivity index (χ2v) is 14.8. The topological polar surface area (TPSA) is 219 Å². The zero-order valence-electron chi connectivity index (χ0n) is 31.0. The number of rotatable bonds is 21. The SMILES string of the molecule is CCCC(=O)CCCNC(=O)CCCOc1cc(C)c(S(=O)(=O)N[C@@H](CNC(=O)c2cn(C)c3cc(CCc4ncc[nH]4)ccc3c2=O)C(=O)O)c(C)c1. The number of H-pyrrole nitrogens is 1. The highest BCUT2D eigenvalue weighted by atomic mass is 32.2. The quantitative estimate of drug-likeness (QED) is 0.0780. The number of Topliss-reactive ketones (excluding diaryl/α,β-unsaturated/α-hetero) is 1. The van der Waals surface area contributed by atoms with Gasteiger partial charge in [0.05, 0.1) is 17.0 Å². The number of ether oxygens (including phenoxy) is 1. The maximum atomic E-state index is 13.5. The molecule has 0 bridgehead atoms. The zero-order chi connectivity index (χ0) is 39.4. The molecular formula is C38H48N6O9S. The lowest BCUT2D eigenvalue weighted by Crippen LogP contribution is -2.49. The number of aryl methyl sites for hydroxylation is 5. The maximum Gasteiger partial charge on any atom is 0.323 e. The van der Waals surface area contributed by atoms with Crippen molar-refractivity contribution in [3.8, 4) is 5.75 Å². The van der Waals surface area contributed by atoms with Crippen molar-refractivity contribution < 1.29 is 37.4 Å². The van der Waals surface area contributed by atoms with E-state index in [1.165, 1.54) is 18.3 Å². The normalized spacial score (nSPS) is 12.0. The lowest BCUT2D eigenvalue weighted by molar-refractivity contribution is -0.138. The first-order chi connectivity index (χ1) is 25.7. The Morgan fingerprint density at radius 1 is 1.00 bits per heavy atom. The fourth-order valence-corrected chi connectivity index (χ4v) is 7.75. The lowest BCUT2D eigenvalue weighted by atomic mass is 10.0. The van der Waals surface area contributed by atoms with Crippen molar-refractivity contribution in [2.45, 2.75) is 83.1 Å². The van der Waals surface area contributed by atoms with E-state index in [1.54, 1.807) is 50.0 Å². The van der Waals surface area contributed by atoms with Gasteiger partial charge in [0.1, 0.15) is 29.0 Å². The van der Waals surface area contributed by atoms with Crippen LogP contribution in [0.3, 0.4) is 0 Å². The number of ketones is 1. The Kier molecular flexibility index (Phi) is 14.7. The molecule has 2 amide bonds. The number of carboxylic acids is 1. The Morgan fingerprint density at radius 2 is 1.74 bits per heavy atom. The van der Waals surface area contributed by atoms with Gasteiger partial charge in [-0.05, 0) is 80.5 Å². The molecule has 0 aliphatic rings. The van der Waals surface area contributed by atoms with E-state index in [2.05, 4.69) is 25.3 Å². The molecule has 54 heavy (non-hydrogen) atoms. The fraction of sp³-hybridized carbons (Fsp3) is 0.421. The number of amides is 2. The first-order valence-corrected chi connectivity index (χ1v) is 19.3. The van der Waals surface area contributed by atoms with Gasteiger partial charge < -0.3 is 30.0 Å². The molecular weight excluding hydrogens is 717 g/mol. The van der Waals surface area contributed by atoms with E-state index in [1.807, 2.05) is 13.0 Å². The number of benzene rings is 2. The van der Waals surface area contributed by atoms with Gasteiger partial charge in [0.15, 0.2) is 0 Å². The third-order valence-corrected chi connectivity index (χ3v) is 10.5. The smallest absolute Gasteiger partial charge is 0.323 e. The van der Waals surface area contributed by atoms with E-state index in [4.69, 9.17) is 4.74 Å². The van der Waals surface area contributed by atoms with Crippen LogP contribution in [0.5, 0.6) is 5.75 Å². The van der Waals surface area contributed by atoms with Gasteiger partial charge in [-0.15, -0.1) is 0 Å². The van der Waals surface area contributed by atoms with Crippen molar-refractivity contribution in [3.05, 3.63) is 87.2 Å². The van der Waals surface area contributed by atoms with Crippen molar-refractivity contribution in [2.75, 3.05) is 19.7 Å². The Labute approximate surface area is 314 Å². The summed E-state index contributed by atoms with van der Waals surface area (Å²) in [5.74, 6) is -1.14. The molecule has 0 unspecified atom stereocenters. The number of nitrogens with zero attached hydrogens (tertiary/aromatic N) is 2. The summed E-state index contributed by atoms with van der Waals surface area (Å²) in [5.41, 5.74) is 1.40. The van der Waals surface area contributed by atoms with E-state index in [0.717, 1.165) is 17.8 Å². The summed E-state index contributed by atoms with van der Waals surface area (Å²) in [4.78, 5) is 69.5. The van der Waals surface area contributed by atoms with Crippen LogP contribution < -0.4 is 25.5 Å². The number of carbonyl (C=O) groups is 4. The number of carbonyl (C=O) groups excluding carboxylic acids is 3. The number of nitrogens with one attached hydrogen (secondary N) is 4. The van der Waals surface area contributed by atoms with Crippen molar-refractivity contribution in [1.82, 2.24) is 29.9 Å². The number of hydrogen-bond acceptors (Lipinski definition) is 9. The summed E-state index contributed by atoms with van der Waals surface area (Å²) in [7, 11) is -2.72. The van der Waals surface area contributed by atoms with Crippen molar-refractivity contribution >= 4 is 44.5 Å². The Balaban J connectivity index is 1.33. The molecule has 1 atom stereocenters. The van der Waals surface area contributed by atoms with Crippen LogP contribution in [0, 0.1) is 13.8 Å². The van der Waals surface area contributed by atoms with Crippen LogP contribution in [0.2, 0.25) is 0 Å². The van der Waals surface area contributed by atoms with Crippen LogP contribution in [0.15, 0.2) is 58.6 Å². The maximum absolute atomic E-state index is 13.5. The standard InChI is InChI=1S/C38H48N6O9S/c1-5-8-27(45)9-6-15-41-34(46)10-7-18-53-28-19-24(2)36(25(3)20-28)54(51,52)43-31(38(49)50)22-42-37(48)30-23-44(4)32-21-26(11-13-29(32)35(30)47)12-14-33-39-16-17-40-33/h11,13,16-17,19-21,23,31,43H,5-10,12,14-15,18,22H2,1-4H3,(H,39,40)(H,41,46)(H,42,48)(H,49,50)/t31-/m0/s1. The molecule has 2 aromatic heterocycles. The van der Waals surface area contributed by atoms with Gasteiger partial charge >= 0.3 is 5.97 Å². The van der Waals surface area contributed by atoms with Crippen LogP contribution in [0.4, 0.5) is 0 Å². The number of fused-ring (bicyclic) bond motifs is 1. The largest absolute Gasteiger partial charge is 0.494 e. The van der Waals surface area contributed by atoms with Gasteiger partial charge in [-0.1, -0.05) is 13.0 Å². The first kappa shape index (κ1) is 41.4. The highest BCUT2D eigenvalue weighted by Gasteiger charge is 2.29. The third-order valence-electron chi connectivity index (χ3n) is 8.77. The van der Waals surface area contributed by atoms with Gasteiger partial charge in [-0.2, -0.15) is 4.72 Å². The number of imidazole rings is 1. The minimum Gasteiger partial charge on any atom is -0.494 e. The molecule has 0 spiro atoms. The van der Waals surface area contributed by atoms with Crippen LogP contribution in [-0.4, -0.2) is 77.4 Å². The molecule has 2 heterocycles. The molecule has 4 aromatic rings. The number of aromatic nitrogens is 3. The van der Waals surface area contributed by atoms with Crippen LogP contribution in [0.25, 0.3) is 10.9 Å². The van der Waals surface area contributed by atoms with E-state index in [9.17, 15) is 37.5 Å². The van der Waals surface area contributed by atoms with Crippen molar-refractivity contribution in [2.24, 2.45) is 7.05 Å². The van der Waals surface area contributed by atoms with E-state index >= 15 is 0 Å². The molecule has 0 saturated carbocycles. The third kappa shape index (κ3) is 11.3. The highest BCUT2D eigenvalue weighted by Crippen LogP contribution is 2.26. The van der Waals surface area contributed by atoms with Gasteiger partial charge in [0, 0.05) is 69.8 Å². The Hall–Kier alpha value is -5.35. The molecule has 15 nitrogen and oxygen atoms in total. The molecule has 0 fully saturated rings. The summed E-state index contributed by atoms with van der Waals surface area (Å²) in [6.07, 6.45) is 9.15. The summed E-state index contributed by atoms with van der Waals surface area (Å²) in [6.45, 7) is 5.02. The average molecular weight is 765 g/mol. The molecule has 0 saturated heterocycles. The number of aliphatic carboxylic acids is 1. The van der Waals surface area contributed by atoms with Crippen LogP contribution >= 0.6 is 0 Å². The number of sulfonamides is 1. The highest BCUT2D eigenvalue weighted by molar-refractivity contribution is 7.89. The number of pyridine rings is 1. The first-order valence-electron chi connectivity index (χ1n) is 17.9. The van der Waals surface area contributed by atoms with Crippen LogP contribution in [-0.2, 0) is 44.3 Å². The number of hydrogen-bond donors (Lipinski definition) is 5. The molecule has 0 aliphatic heterocycles. The molecule has 0 aliphatic carbocycles. The van der Waals surface area contributed by atoms with Gasteiger partial charge in [-0.25, -0.2) is 13.4 Å². The van der Waals surface area contributed by atoms with Crippen molar-refractivity contribution in [1.29, 1.82) is 0 Å². The lowest BCUT2D eigenvalue weighted by Gasteiger charge is -2.19. The number of aromatic amines is 1. The van der Waals surface area contributed by atoms with Crippen LogP contribution in [0.1, 0.15) is 78.3 Å². The van der Waals surface area contributed by atoms with E-state index < -0.39 is 39.9 Å². The minimum atomic E-state index is -4.40. The summed E-state index contributed by atoms with van der Waals surface area (Å²) >= 11 is 0. The fourth-order valence-electron chi connectivity index (χ4n) is 6.10. The van der Waals surface area contributed by atoms with Crippen molar-refractivity contribution in [3.63, 3.8) is 0 Å². The van der Waals surface area contributed by atoms with Gasteiger partial charge in [0.2, 0.25) is 21.4 Å². The molecule has 2 aromatic carbocycles. The predicted molar refractivity (Wildman–Crippen MR) is 202 cm³/mol. The Bertz CT molecular complexity index is 2120. The zero-order valence-corrected chi connectivity index (χ0v) is 31.8. The summed E-state index contributed by atoms with van der Waals surface area (Å²) < 4.78 is 36.5. The average Bonchev–Trinajstić information content (AvgIpc) is 3.64. The second-order valence-electron chi connectivity index (χ2n) is 13.2. The van der Waals surface area contributed by atoms with Gasteiger partial charge in [-0.3, -0.25) is 24.0 Å². The Morgan fingerprint density at radius 3 is 2.41 bits per heavy atom. The molecule has 290 valence electrons. The van der Waals surface area contributed by atoms with E-state index in [-0.39, 0.29) is 35.2 Å². The molecule has 0 radical (unpaired) electrons. The summed E-state index contributed by atoms with van der Waals surface area (Å²) in [6, 6.07) is 6.57. The second kappa shape index (κ2) is 19.1. The molecule has 5 N–H and O–H groups in total. The molecule has 4 rings (SSSR count).